The standard InChI is InChI=1S/C18H27N3O4S/c1-19(2)15-6-4-5-14(11-15)18(22)21-8-7-20(9-10-25-3)16-12-26(23,24)13-17(16)21/h4-6,11,16-17H,7-10,12-13H2,1-3H3/t16-,17+/m1/s1. The molecule has 1 amide bonds. The summed E-state index contributed by atoms with van der Waals surface area (Å²) in [5.41, 5.74) is 1.55. The van der Waals surface area contributed by atoms with Crippen LogP contribution in [0.15, 0.2) is 24.3 Å². The van der Waals surface area contributed by atoms with E-state index in [1.165, 1.54) is 0 Å². The lowest BCUT2D eigenvalue weighted by Crippen LogP contribution is -2.61. The molecular weight excluding hydrogens is 354 g/mol. The fourth-order valence-electron chi connectivity index (χ4n) is 3.85. The van der Waals surface area contributed by atoms with Crippen LogP contribution in [0.3, 0.4) is 0 Å². The number of methoxy groups -OCH3 is 1. The van der Waals surface area contributed by atoms with E-state index < -0.39 is 9.84 Å². The van der Waals surface area contributed by atoms with Gasteiger partial charge < -0.3 is 14.5 Å². The number of anilines is 1. The molecule has 0 saturated carbocycles. The molecule has 2 aliphatic rings. The van der Waals surface area contributed by atoms with E-state index in [1.807, 2.05) is 37.2 Å². The van der Waals surface area contributed by atoms with E-state index in [1.54, 1.807) is 18.1 Å². The van der Waals surface area contributed by atoms with E-state index in [0.717, 1.165) is 5.69 Å². The van der Waals surface area contributed by atoms with Gasteiger partial charge in [-0.15, -0.1) is 0 Å². The number of hydrogen-bond donors (Lipinski definition) is 0. The number of sulfone groups is 1. The zero-order chi connectivity index (χ0) is 18.9. The first-order chi connectivity index (χ1) is 12.3. The highest BCUT2D eigenvalue weighted by Crippen LogP contribution is 2.28. The van der Waals surface area contributed by atoms with Crippen molar-refractivity contribution < 1.29 is 17.9 Å². The zero-order valence-corrected chi connectivity index (χ0v) is 16.4. The van der Waals surface area contributed by atoms with Gasteiger partial charge in [-0.1, -0.05) is 6.07 Å². The normalized spacial score (nSPS) is 25.1. The van der Waals surface area contributed by atoms with Crippen molar-refractivity contribution in [2.45, 2.75) is 12.1 Å². The molecule has 1 aromatic rings. The predicted octanol–water partition coefficient (Wildman–Crippen LogP) is 0.322. The summed E-state index contributed by atoms with van der Waals surface area (Å²) in [7, 11) is 2.35. The van der Waals surface area contributed by atoms with Crippen molar-refractivity contribution >= 4 is 21.4 Å². The van der Waals surface area contributed by atoms with Gasteiger partial charge in [-0.05, 0) is 18.2 Å². The van der Waals surface area contributed by atoms with Crippen LogP contribution in [-0.2, 0) is 14.6 Å². The van der Waals surface area contributed by atoms with Gasteiger partial charge in [0.05, 0.1) is 24.2 Å². The second-order valence-corrected chi connectivity index (χ2v) is 9.34. The van der Waals surface area contributed by atoms with Gasteiger partial charge in [-0.25, -0.2) is 8.42 Å². The van der Waals surface area contributed by atoms with Gasteiger partial charge in [0.25, 0.3) is 5.91 Å². The van der Waals surface area contributed by atoms with Gasteiger partial charge in [0.2, 0.25) is 0 Å². The average Bonchev–Trinajstić information content (AvgIpc) is 2.94. The van der Waals surface area contributed by atoms with Gasteiger partial charge in [-0.2, -0.15) is 0 Å². The molecule has 0 unspecified atom stereocenters. The highest BCUT2D eigenvalue weighted by molar-refractivity contribution is 7.91. The van der Waals surface area contributed by atoms with Crippen LogP contribution in [0.1, 0.15) is 10.4 Å². The van der Waals surface area contributed by atoms with E-state index >= 15 is 0 Å². The quantitative estimate of drug-likeness (QED) is 0.732. The number of carbonyl (C=O) groups excluding carboxylic acids is 1. The number of amides is 1. The summed E-state index contributed by atoms with van der Waals surface area (Å²) in [6.07, 6.45) is 0. The Hall–Kier alpha value is -1.64. The molecule has 2 aliphatic heterocycles. The van der Waals surface area contributed by atoms with Gasteiger partial charge >= 0.3 is 0 Å². The molecule has 26 heavy (non-hydrogen) atoms. The number of carbonyl (C=O) groups is 1. The molecule has 2 atom stereocenters. The summed E-state index contributed by atoms with van der Waals surface area (Å²) in [5.74, 6) is 0.0653. The van der Waals surface area contributed by atoms with Gasteiger partial charge in [0.15, 0.2) is 9.84 Å². The summed E-state index contributed by atoms with van der Waals surface area (Å²) in [4.78, 5) is 19.0. The van der Waals surface area contributed by atoms with Crippen LogP contribution in [0, 0.1) is 0 Å². The molecule has 0 bridgehead atoms. The second-order valence-electron chi connectivity index (χ2n) is 7.18. The third-order valence-corrected chi connectivity index (χ3v) is 6.94. The number of fused-ring (bicyclic) bond motifs is 1. The summed E-state index contributed by atoms with van der Waals surface area (Å²) in [5, 5.41) is 0. The first-order valence-electron chi connectivity index (χ1n) is 8.84. The summed E-state index contributed by atoms with van der Waals surface area (Å²) >= 11 is 0. The third-order valence-electron chi connectivity index (χ3n) is 5.24. The zero-order valence-electron chi connectivity index (χ0n) is 15.6. The van der Waals surface area contributed by atoms with E-state index in [9.17, 15) is 13.2 Å². The Morgan fingerprint density at radius 2 is 1.96 bits per heavy atom. The molecule has 144 valence electrons. The van der Waals surface area contributed by atoms with Crippen LogP contribution in [0.5, 0.6) is 0 Å². The van der Waals surface area contributed by atoms with Gasteiger partial charge in [0.1, 0.15) is 0 Å². The van der Waals surface area contributed by atoms with E-state index in [-0.39, 0.29) is 29.5 Å². The molecule has 3 rings (SSSR count). The molecule has 2 fully saturated rings. The number of piperazine rings is 1. The number of hydrogen-bond acceptors (Lipinski definition) is 6. The molecule has 2 saturated heterocycles. The molecule has 0 radical (unpaired) electrons. The number of benzene rings is 1. The van der Waals surface area contributed by atoms with Crippen LogP contribution in [0.4, 0.5) is 5.69 Å². The molecule has 2 heterocycles. The molecule has 0 aliphatic carbocycles. The highest BCUT2D eigenvalue weighted by atomic mass is 32.2. The van der Waals surface area contributed by atoms with Crippen molar-refractivity contribution in [3.63, 3.8) is 0 Å². The first-order valence-corrected chi connectivity index (χ1v) is 10.7. The van der Waals surface area contributed by atoms with Crippen LogP contribution in [0.2, 0.25) is 0 Å². The minimum absolute atomic E-state index is 0.0419. The maximum Gasteiger partial charge on any atom is 0.254 e. The topological polar surface area (TPSA) is 70.2 Å². The SMILES string of the molecule is COCCN1CCN(C(=O)c2cccc(N(C)C)c2)[C@H]2CS(=O)(=O)C[C@H]21. The largest absolute Gasteiger partial charge is 0.383 e. The number of rotatable bonds is 5. The van der Waals surface area contributed by atoms with Crippen molar-refractivity contribution in [2.24, 2.45) is 0 Å². The van der Waals surface area contributed by atoms with Crippen molar-refractivity contribution in [2.75, 3.05) is 63.9 Å². The monoisotopic (exact) mass is 381 g/mol. The first kappa shape index (κ1) is 19.1. The Morgan fingerprint density at radius 3 is 2.65 bits per heavy atom. The molecule has 0 aromatic heterocycles. The molecule has 0 N–H and O–H groups in total. The minimum atomic E-state index is -3.14. The van der Waals surface area contributed by atoms with Crippen molar-refractivity contribution in [3.05, 3.63) is 29.8 Å². The molecular formula is C18H27N3O4S. The van der Waals surface area contributed by atoms with Gasteiger partial charge in [0, 0.05) is 58.1 Å². The van der Waals surface area contributed by atoms with Crippen molar-refractivity contribution in [3.8, 4) is 0 Å². The third kappa shape index (κ3) is 3.87. The lowest BCUT2D eigenvalue weighted by Gasteiger charge is -2.43. The number of nitrogens with zero attached hydrogens (tertiary/aromatic N) is 3. The van der Waals surface area contributed by atoms with E-state index in [0.29, 0.717) is 31.8 Å². The lowest BCUT2D eigenvalue weighted by atomic mass is 10.0. The average molecular weight is 381 g/mol. The van der Waals surface area contributed by atoms with Crippen LogP contribution in [-0.4, -0.2) is 95.2 Å². The maximum absolute atomic E-state index is 13.1. The fraction of sp³-hybridized carbons (Fsp3) is 0.611. The van der Waals surface area contributed by atoms with Gasteiger partial charge in [-0.3, -0.25) is 9.69 Å². The van der Waals surface area contributed by atoms with Crippen molar-refractivity contribution in [1.82, 2.24) is 9.80 Å². The Labute approximate surface area is 155 Å². The van der Waals surface area contributed by atoms with Crippen LogP contribution >= 0.6 is 0 Å². The van der Waals surface area contributed by atoms with Crippen molar-refractivity contribution in [1.29, 1.82) is 0 Å². The van der Waals surface area contributed by atoms with E-state index in [4.69, 9.17) is 4.74 Å². The maximum atomic E-state index is 13.1. The molecule has 1 aromatic carbocycles. The molecule has 7 nitrogen and oxygen atoms in total. The Morgan fingerprint density at radius 1 is 1.23 bits per heavy atom. The number of ether oxygens (including phenoxy) is 1. The Bertz CT molecular complexity index is 765. The minimum Gasteiger partial charge on any atom is -0.383 e. The van der Waals surface area contributed by atoms with Crippen LogP contribution in [0.25, 0.3) is 0 Å². The summed E-state index contributed by atoms with van der Waals surface area (Å²) < 4.78 is 29.7. The second kappa shape index (κ2) is 7.54. The smallest absolute Gasteiger partial charge is 0.254 e. The van der Waals surface area contributed by atoms with Crippen LogP contribution < -0.4 is 4.90 Å². The lowest BCUT2D eigenvalue weighted by molar-refractivity contribution is 0.0247. The highest BCUT2D eigenvalue weighted by Gasteiger charge is 2.47. The molecule has 0 spiro atoms. The summed E-state index contributed by atoms with van der Waals surface area (Å²) in [6, 6.07) is 7.03. The molecule has 8 heteroatoms. The predicted molar refractivity (Wildman–Crippen MR) is 101 cm³/mol. The summed E-state index contributed by atoms with van der Waals surface area (Å²) in [6.45, 7) is 2.44. The Kier molecular flexibility index (Phi) is 5.55. The Balaban J connectivity index is 1.84. The van der Waals surface area contributed by atoms with E-state index in [2.05, 4.69) is 4.90 Å². The fourth-order valence-corrected chi connectivity index (χ4v) is 5.86.